The van der Waals surface area contributed by atoms with Gasteiger partial charge >= 0.3 is 5.63 Å². The van der Waals surface area contributed by atoms with Crippen molar-refractivity contribution in [1.82, 2.24) is 0 Å². The minimum atomic E-state index is -0.526. The van der Waals surface area contributed by atoms with Crippen LogP contribution in [-0.2, 0) is 6.61 Å². The second-order valence-corrected chi connectivity index (χ2v) is 5.98. The summed E-state index contributed by atoms with van der Waals surface area (Å²) < 4.78 is 16.1. The van der Waals surface area contributed by atoms with Gasteiger partial charge in [-0.25, -0.2) is 4.79 Å². The second kappa shape index (κ2) is 7.05. The summed E-state index contributed by atoms with van der Waals surface area (Å²) in [5, 5.41) is 12.1. The van der Waals surface area contributed by atoms with Gasteiger partial charge in [0.15, 0.2) is 11.5 Å². The number of aryl methyl sites for hydroxylation is 1. The van der Waals surface area contributed by atoms with Crippen molar-refractivity contribution in [3.63, 3.8) is 0 Å². The molecule has 26 heavy (non-hydrogen) atoms. The molecule has 0 aliphatic rings. The number of hydrogen-bond donors (Lipinski definition) is 0. The molecule has 0 saturated heterocycles. The predicted molar refractivity (Wildman–Crippen MR) is 96.2 cm³/mol. The zero-order chi connectivity index (χ0) is 18.8. The average Bonchev–Trinajstić information content (AvgIpc) is 2.60. The maximum atomic E-state index is 11.8. The molecule has 3 aromatic rings. The Balaban J connectivity index is 2.00. The van der Waals surface area contributed by atoms with E-state index >= 15 is 0 Å². The second-order valence-electron chi connectivity index (χ2n) is 5.57. The van der Waals surface area contributed by atoms with Gasteiger partial charge in [-0.2, -0.15) is 0 Å². The van der Waals surface area contributed by atoms with E-state index in [1.54, 1.807) is 19.1 Å². The van der Waals surface area contributed by atoms with Gasteiger partial charge in [-0.3, -0.25) is 10.1 Å². The number of rotatable bonds is 5. The molecule has 8 heteroatoms. The van der Waals surface area contributed by atoms with Crippen LogP contribution in [0.1, 0.15) is 11.1 Å². The van der Waals surface area contributed by atoms with Crippen molar-refractivity contribution in [3.05, 3.63) is 73.1 Å². The topological polar surface area (TPSA) is 91.8 Å². The standard InChI is InChI=1S/C18H14ClNO6/c1-10-5-16-13(8-14(10)19)11(6-18(21)26-16)9-25-17-7-12(20(22)23)3-4-15(17)24-2/h3-8H,9H2,1-2H3. The van der Waals surface area contributed by atoms with Gasteiger partial charge in [-0.1, -0.05) is 11.6 Å². The van der Waals surface area contributed by atoms with Crippen LogP contribution < -0.4 is 15.1 Å². The number of nitrogens with zero attached hydrogens (tertiary/aromatic N) is 1. The highest BCUT2D eigenvalue weighted by Gasteiger charge is 2.14. The van der Waals surface area contributed by atoms with Crippen LogP contribution in [-0.4, -0.2) is 12.0 Å². The van der Waals surface area contributed by atoms with Gasteiger partial charge in [0.2, 0.25) is 0 Å². The van der Waals surface area contributed by atoms with Crippen LogP contribution in [0.25, 0.3) is 11.0 Å². The summed E-state index contributed by atoms with van der Waals surface area (Å²) in [5.41, 5.74) is 1.07. The lowest BCUT2D eigenvalue weighted by Crippen LogP contribution is -2.05. The Bertz CT molecular complexity index is 1060. The first-order chi connectivity index (χ1) is 12.4. The number of halogens is 1. The molecule has 2 aromatic carbocycles. The summed E-state index contributed by atoms with van der Waals surface area (Å²) in [4.78, 5) is 22.2. The van der Waals surface area contributed by atoms with Gasteiger partial charge in [-0.15, -0.1) is 0 Å². The third-order valence-electron chi connectivity index (χ3n) is 3.85. The normalized spacial score (nSPS) is 10.7. The molecule has 134 valence electrons. The smallest absolute Gasteiger partial charge is 0.336 e. The zero-order valence-electron chi connectivity index (χ0n) is 13.9. The van der Waals surface area contributed by atoms with Gasteiger partial charge in [0.25, 0.3) is 5.69 Å². The number of non-ortho nitro benzene ring substituents is 1. The van der Waals surface area contributed by atoms with E-state index in [0.717, 1.165) is 5.56 Å². The molecule has 0 bridgehead atoms. The molecule has 0 spiro atoms. The summed E-state index contributed by atoms with van der Waals surface area (Å²) >= 11 is 6.16. The monoisotopic (exact) mass is 375 g/mol. The van der Waals surface area contributed by atoms with Crippen molar-refractivity contribution in [2.75, 3.05) is 7.11 Å². The Morgan fingerprint density at radius 2 is 1.96 bits per heavy atom. The van der Waals surface area contributed by atoms with E-state index in [0.29, 0.717) is 27.3 Å². The Labute approximate surface area is 152 Å². The first-order valence-corrected chi connectivity index (χ1v) is 7.95. The molecule has 0 radical (unpaired) electrons. The molecule has 0 aliphatic heterocycles. The molecule has 0 unspecified atom stereocenters. The SMILES string of the molecule is COc1ccc([N+](=O)[O-])cc1OCc1cc(=O)oc2cc(C)c(Cl)cc12. The first-order valence-electron chi connectivity index (χ1n) is 7.57. The largest absolute Gasteiger partial charge is 0.493 e. The summed E-state index contributed by atoms with van der Waals surface area (Å²) in [6.45, 7) is 1.79. The van der Waals surface area contributed by atoms with Gasteiger partial charge < -0.3 is 13.9 Å². The lowest BCUT2D eigenvalue weighted by Gasteiger charge is -2.12. The van der Waals surface area contributed by atoms with Gasteiger partial charge in [0, 0.05) is 28.1 Å². The van der Waals surface area contributed by atoms with E-state index in [-0.39, 0.29) is 18.0 Å². The van der Waals surface area contributed by atoms with Crippen LogP contribution in [0.2, 0.25) is 5.02 Å². The maximum absolute atomic E-state index is 11.8. The molecule has 1 aromatic heterocycles. The molecule has 0 aliphatic carbocycles. The van der Waals surface area contributed by atoms with Crippen LogP contribution >= 0.6 is 11.6 Å². The average molecular weight is 376 g/mol. The Morgan fingerprint density at radius 1 is 1.19 bits per heavy atom. The molecule has 1 heterocycles. The lowest BCUT2D eigenvalue weighted by atomic mass is 10.1. The van der Waals surface area contributed by atoms with Crippen molar-refractivity contribution in [1.29, 1.82) is 0 Å². The molecule has 7 nitrogen and oxygen atoms in total. The van der Waals surface area contributed by atoms with Gasteiger partial charge in [-0.05, 0) is 30.7 Å². The Hall–Kier alpha value is -3.06. The predicted octanol–water partition coefficient (Wildman–Crippen LogP) is 4.25. The Kier molecular flexibility index (Phi) is 4.81. The minimum Gasteiger partial charge on any atom is -0.493 e. The van der Waals surface area contributed by atoms with Crippen molar-refractivity contribution in [2.24, 2.45) is 0 Å². The molecular formula is C18H14ClNO6. The number of nitro groups is 1. The lowest BCUT2D eigenvalue weighted by molar-refractivity contribution is -0.385. The van der Waals surface area contributed by atoms with E-state index in [9.17, 15) is 14.9 Å². The highest BCUT2D eigenvalue weighted by molar-refractivity contribution is 6.32. The third-order valence-corrected chi connectivity index (χ3v) is 4.26. The van der Waals surface area contributed by atoms with Crippen LogP contribution in [0.3, 0.4) is 0 Å². The minimum absolute atomic E-state index is 0.0149. The van der Waals surface area contributed by atoms with Gasteiger partial charge in [0.1, 0.15) is 12.2 Å². The number of ether oxygens (including phenoxy) is 2. The molecule has 0 saturated carbocycles. The maximum Gasteiger partial charge on any atom is 0.336 e. The quantitative estimate of drug-likeness (QED) is 0.376. The van der Waals surface area contributed by atoms with Crippen LogP contribution in [0.5, 0.6) is 11.5 Å². The summed E-state index contributed by atoms with van der Waals surface area (Å²) in [6, 6.07) is 8.71. The van der Waals surface area contributed by atoms with Crippen LogP contribution in [0.4, 0.5) is 5.69 Å². The highest BCUT2D eigenvalue weighted by Crippen LogP contribution is 2.32. The Morgan fingerprint density at radius 3 is 2.65 bits per heavy atom. The molecule has 3 rings (SSSR count). The van der Waals surface area contributed by atoms with E-state index in [4.69, 9.17) is 25.5 Å². The first kappa shape index (κ1) is 17.8. The molecule has 0 fully saturated rings. The number of nitro benzene ring substituents is 1. The number of methoxy groups -OCH3 is 1. The number of fused-ring (bicyclic) bond motifs is 1. The zero-order valence-corrected chi connectivity index (χ0v) is 14.7. The van der Waals surface area contributed by atoms with Crippen molar-refractivity contribution in [2.45, 2.75) is 13.5 Å². The highest BCUT2D eigenvalue weighted by atomic mass is 35.5. The van der Waals surface area contributed by atoms with Crippen LogP contribution in [0.15, 0.2) is 45.6 Å². The van der Waals surface area contributed by atoms with E-state index in [1.807, 2.05) is 0 Å². The van der Waals surface area contributed by atoms with E-state index < -0.39 is 10.5 Å². The third kappa shape index (κ3) is 3.48. The molecule has 0 atom stereocenters. The van der Waals surface area contributed by atoms with E-state index in [2.05, 4.69) is 0 Å². The molecular weight excluding hydrogens is 362 g/mol. The van der Waals surface area contributed by atoms with Gasteiger partial charge in [0.05, 0.1) is 18.1 Å². The fourth-order valence-electron chi connectivity index (χ4n) is 2.51. The fourth-order valence-corrected chi connectivity index (χ4v) is 2.68. The molecule has 0 N–H and O–H groups in total. The van der Waals surface area contributed by atoms with E-state index in [1.165, 1.54) is 31.4 Å². The fraction of sp³-hybridized carbons (Fsp3) is 0.167. The molecule has 0 amide bonds. The van der Waals surface area contributed by atoms with Crippen molar-refractivity contribution in [3.8, 4) is 11.5 Å². The van der Waals surface area contributed by atoms with Crippen molar-refractivity contribution >= 4 is 28.3 Å². The number of benzene rings is 2. The van der Waals surface area contributed by atoms with Crippen LogP contribution in [0, 0.1) is 17.0 Å². The number of hydrogen-bond acceptors (Lipinski definition) is 6. The summed E-state index contributed by atoms with van der Waals surface area (Å²) in [7, 11) is 1.43. The van der Waals surface area contributed by atoms with Crippen molar-refractivity contribution < 1.29 is 18.8 Å². The summed E-state index contributed by atoms with van der Waals surface area (Å²) in [6.07, 6.45) is 0. The summed E-state index contributed by atoms with van der Waals surface area (Å²) in [5.74, 6) is 0.540.